The molecule has 0 saturated carbocycles. The van der Waals surface area contributed by atoms with E-state index >= 15 is 0 Å². The molecular formula is C74H130O6. The standard InChI is InChI=1S/C74H130O6/c1-4-7-10-13-16-19-21-23-25-27-29-31-32-33-34-35-36-37-38-39-40-41-42-44-45-47-49-51-53-55-58-61-64-67-73(76)79-70-71(69-78-72(75)66-63-60-57-18-15-12-9-6-3)80-74(77)68-65-62-59-56-54-52-50-48-46-43-30-28-26-24-22-20-17-14-11-8-5-2/h7,10,16,19,23,25,29,31,33-34,36-37,39-40,71H,4-6,8-9,11-15,17-18,20-22,24,26-28,30,32,35,38,41-70H2,1-3H3/b10-7-,19-16-,25-23-,31-29-,34-33-,37-36-,40-39-. The zero-order valence-corrected chi connectivity index (χ0v) is 53.1. The van der Waals surface area contributed by atoms with Crippen LogP contribution in [0.2, 0.25) is 0 Å². The fourth-order valence-electron chi connectivity index (χ4n) is 10.0. The molecule has 462 valence electrons. The lowest BCUT2D eigenvalue weighted by atomic mass is 10.0. The van der Waals surface area contributed by atoms with Crippen molar-refractivity contribution < 1.29 is 28.6 Å². The molecule has 0 aromatic rings. The number of rotatable bonds is 63. The summed E-state index contributed by atoms with van der Waals surface area (Å²) in [6, 6.07) is 0. The highest BCUT2D eigenvalue weighted by atomic mass is 16.6. The number of ether oxygens (including phenoxy) is 3. The molecule has 0 aliphatic carbocycles. The van der Waals surface area contributed by atoms with Crippen molar-refractivity contribution in [2.45, 2.75) is 354 Å². The monoisotopic (exact) mass is 1110 g/mol. The first-order valence-electron chi connectivity index (χ1n) is 34.6. The Kier molecular flexibility index (Phi) is 65.2. The highest BCUT2D eigenvalue weighted by Crippen LogP contribution is 2.18. The molecule has 0 heterocycles. The molecule has 6 heteroatoms. The normalized spacial score (nSPS) is 12.6. The highest BCUT2D eigenvalue weighted by molar-refractivity contribution is 5.71. The van der Waals surface area contributed by atoms with Gasteiger partial charge in [-0.1, -0.05) is 337 Å². The Morgan fingerprint density at radius 2 is 0.487 bits per heavy atom. The summed E-state index contributed by atoms with van der Waals surface area (Å²) < 4.78 is 16.9. The minimum atomic E-state index is -0.773. The van der Waals surface area contributed by atoms with Gasteiger partial charge in [0.25, 0.3) is 0 Å². The predicted molar refractivity (Wildman–Crippen MR) is 348 cm³/mol. The van der Waals surface area contributed by atoms with E-state index in [0.717, 1.165) is 103 Å². The lowest BCUT2D eigenvalue weighted by Crippen LogP contribution is -2.30. The van der Waals surface area contributed by atoms with Gasteiger partial charge in [0.15, 0.2) is 6.10 Å². The molecule has 0 rings (SSSR count). The number of carbonyl (C=O) groups excluding carboxylic acids is 3. The summed E-state index contributed by atoms with van der Waals surface area (Å²) in [5.74, 6) is -0.861. The van der Waals surface area contributed by atoms with Gasteiger partial charge in [-0.3, -0.25) is 14.4 Å². The molecule has 0 aromatic heterocycles. The average molecular weight is 1120 g/mol. The SMILES string of the molecule is CC/C=C\C/C=C\C/C=C\C/C=C\C/C=C\C/C=C\C/C=C\CCCCCCCCCCCCCC(=O)OCC(COC(=O)CCCCCCCCCC)OC(=O)CCCCCCCCCCCCCCCCCCCCCCC. The second-order valence-electron chi connectivity index (χ2n) is 23.1. The van der Waals surface area contributed by atoms with Gasteiger partial charge in [0.1, 0.15) is 13.2 Å². The molecule has 0 fully saturated rings. The van der Waals surface area contributed by atoms with Crippen molar-refractivity contribution in [2.24, 2.45) is 0 Å². The number of hydrogen-bond acceptors (Lipinski definition) is 6. The van der Waals surface area contributed by atoms with Crippen molar-refractivity contribution in [3.05, 3.63) is 85.1 Å². The quantitative estimate of drug-likeness (QED) is 0.0261. The predicted octanol–water partition coefficient (Wildman–Crippen LogP) is 23.8. The van der Waals surface area contributed by atoms with Crippen molar-refractivity contribution in [3.63, 3.8) is 0 Å². The molecular weight excluding hydrogens is 985 g/mol. The topological polar surface area (TPSA) is 78.9 Å². The zero-order valence-electron chi connectivity index (χ0n) is 53.1. The first kappa shape index (κ1) is 76.6. The number of allylic oxidation sites excluding steroid dienone is 14. The van der Waals surface area contributed by atoms with Gasteiger partial charge < -0.3 is 14.2 Å². The molecule has 0 amide bonds. The summed E-state index contributed by atoms with van der Waals surface area (Å²) >= 11 is 0. The first-order chi connectivity index (χ1) is 39.5. The van der Waals surface area contributed by atoms with Crippen molar-refractivity contribution in [1.29, 1.82) is 0 Å². The fourth-order valence-corrected chi connectivity index (χ4v) is 10.0. The second-order valence-corrected chi connectivity index (χ2v) is 23.1. The van der Waals surface area contributed by atoms with E-state index in [9.17, 15) is 14.4 Å². The Bertz CT molecular complexity index is 1520. The van der Waals surface area contributed by atoms with Crippen LogP contribution >= 0.6 is 0 Å². The van der Waals surface area contributed by atoms with Gasteiger partial charge in [0.2, 0.25) is 0 Å². The van der Waals surface area contributed by atoms with Crippen LogP contribution in [0.5, 0.6) is 0 Å². The minimum absolute atomic E-state index is 0.0716. The molecule has 0 aromatic carbocycles. The zero-order chi connectivity index (χ0) is 57.8. The molecule has 1 unspecified atom stereocenters. The van der Waals surface area contributed by atoms with Gasteiger partial charge in [-0.25, -0.2) is 0 Å². The maximum Gasteiger partial charge on any atom is 0.306 e. The van der Waals surface area contributed by atoms with Crippen LogP contribution in [0.25, 0.3) is 0 Å². The number of carbonyl (C=O) groups is 3. The van der Waals surface area contributed by atoms with E-state index in [2.05, 4.69) is 106 Å². The van der Waals surface area contributed by atoms with E-state index in [1.807, 2.05) is 0 Å². The maximum atomic E-state index is 12.9. The van der Waals surface area contributed by atoms with Crippen LogP contribution in [0.1, 0.15) is 348 Å². The Morgan fingerprint density at radius 3 is 0.762 bits per heavy atom. The van der Waals surface area contributed by atoms with Crippen LogP contribution in [0.15, 0.2) is 85.1 Å². The minimum Gasteiger partial charge on any atom is -0.462 e. The Hall–Kier alpha value is -3.41. The van der Waals surface area contributed by atoms with Crippen molar-refractivity contribution in [1.82, 2.24) is 0 Å². The third-order valence-electron chi connectivity index (χ3n) is 15.2. The number of hydrogen-bond donors (Lipinski definition) is 0. The summed E-state index contributed by atoms with van der Waals surface area (Å²) in [5, 5.41) is 0. The molecule has 0 aliphatic rings. The molecule has 6 nitrogen and oxygen atoms in total. The number of esters is 3. The van der Waals surface area contributed by atoms with Gasteiger partial charge in [-0.2, -0.15) is 0 Å². The van der Waals surface area contributed by atoms with Crippen LogP contribution in [0.3, 0.4) is 0 Å². The van der Waals surface area contributed by atoms with Crippen LogP contribution in [0.4, 0.5) is 0 Å². The summed E-state index contributed by atoms with van der Waals surface area (Å²) in [5.41, 5.74) is 0. The fraction of sp³-hybridized carbons (Fsp3) is 0.770. The molecule has 0 saturated heterocycles. The lowest BCUT2D eigenvalue weighted by molar-refractivity contribution is -0.167. The van der Waals surface area contributed by atoms with E-state index in [4.69, 9.17) is 14.2 Å². The summed E-state index contributed by atoms with van der Waals surface area (Å²) in [7, 11) is 0. The Balaban J connectivity index is 4.10. The largest absolute Gasteiger partial charge is 0.462 e. The Labute approximate surface area is 496 Å². The van der Waals surface area contributed by atoms with Crippen LogP contribution in [-0.2, 0) is 28.6 Å². The maximum absolute atomic E-state index is 12.9. The molecule has 80 heavy (non-hydrogen) atoms. The average Bonchev–Trinajstić information content (AvgIpc) is 3.46. The lowest BCUT2D eigenvalue weighted by Gasteiger charge is -2.18. The van der Waals surface area contributed by atoms with Crippen LogP contribution in [-0.4, -0.2) is 37.2 Å². The van der Waals surface area contributed by atoms with E-state index in [0.29, 0.717) is 19.3 Å². The molecule has 0 bridgehead atoms. The van der Waals surface area contributed by atoms with E-state index < -0.39 is 6.10 Å². The second kappa shape index (κ2) is 68.1. The molecule has 1 atom stereocenters. The molecule has 0 aliphatic heterocycles. The van der Waals surface area contributed by atoms with Gasteiger partial charge in [-0.15, -0.1) is 0 Å². The number of unbranched alkanes of at least 4 members (excludes halogenated alkanes) is 38. The molecule has 0 N–H and O–H groups in total. The molecule has 0 spiro atoms. The summed E-state index contributed by atoms with van der Waals surface area (Å²) in [4.78, 5) is 38.2. The summed E-state index contributed by atoms with van der Waals surface area (Å²) in [6.07, 6.45) is 90.5. The van der Waals surface area contributed by atoms with E-state index in [1.165, 1.54) is 205 Å². The Morgan fingerprint density at radius 1 is 0.263 bits per heavy atom. The summed E-state index contributed by atoms with van der Waals surface area (Å²) in [6.45, 7) is 6.54. The van der Waals surface area contributed by atoms with Gasteiger partial charge in [-0.05, 0) is 77.0 Å². The third-order valence-corrected chi connectivity index (χ3v) is 15.2. The van der Waals surface area contributed by atoms with Crippen LogP contribution < -0.4 is 0 Å². The highest BCUT2D eigenvalue weighted by Gasteiger charge is 2.19. The smallest absolute Gasteiger partial charge is 0.306 e. The third kappa shape index (κ3) is 65.4. The van der Waals surface area contributed by atoms with E-state index in [1.54, 1.807) is 0 Å². The van der Waals surface area contributed by atoms with Gasteiger partial charge in [0, 0.05) is 19.3 Å². The van der Waals surface area contributed by atoms with E-state index in [-0.39, 0.29) is 31.1 Å². The first-order valence-corrected chi connectivity index (χ1v) is 34.6. The van der Waals surface area contributed by atoms with Crippen molar-refractivity contribution in [3.8, 4) is 0 Å². The van der Waals surface area contributed by atoms with Gasteiger partial charge >= 0.3 is 17.9 Å². The van der Waals surface area contributed by atoms with Crippen molar-refractivity contribution in [2.75, 3.05) is 13.2 Å². The molecule has 0 radical (unpaired) electrons. The van der Waals surface area contributed by atoms with Crippen LogP contribution in [0, 0.1) is 0 Å². The van der Waals surface area contributed by atoms with Crippen molar-refractivity contribution >= 4 is 17.9 Å². The van der Waals surface area contributed by atoms with Gasteiger partial charge in [0.05, 0.1) is 0 Å².